The summed E-state index contributed by atoms with van der Waals surface area (Å²) in [5.74, 6) is -0.135. The first-order chi connectivity index (χ1) is 25.7. The van der Waals surface area contributed by atoms with Gasteiger partial charge >= 0.3 is 18.1 Å². The molecule has 7 N–H and O–H groups in total. The largest absolute Gasteiger partial charge is 0.573 e. The molecule has 0 aliphatic heterocycles. The Morgan fingerprint density at radius 3 is 2.22 bits per heavy atom. The molecule has 13 nitrogen and oxygen atoms in total. The highest BCUT2D eigenvalue weighted by molar-refractivity contribution is 5.76. The van der Waals surface area contributed by atoms with E-state index in [1.165, 1.54) is 20.3 Å². The Hall–Kier alpha value is -5.25. The maximum atomic E-state index is 12.7. The van der Waals surface area contributed by atoms with E-state index < -0.39 is 12.5 Å². The van der Waals surface area contributed by atoms with E-state index in [2.05, 4.69) is 61.9 Å². The Balaban J connectivity index is 0.000000298. The number of amides is 1. The van der Waals surface area contributed by atoms with Crippen molar-refractivity contribution in [3.63, 3.8) is 0 Å². The molecule has 2 aromatic carbocycles. The third-order valence-corrected chi connectivity index (χ3v) is 8.42. The van der Waals surface area contributed by atoms with E-state index in [0.717, 1.165) is 47.4 Å². The van der Waals surface area contributed by atoms with Gasteiger partial charge in [0.1, 0.15) is 5.65 Å². The number of alkyl halides is 3. The van der Waals surface area contributed by atoms with Crippen molar-refractivity contribution < 1.29 is 32.2 Å². The third-order valence-electron chi connectivity index (χ3n) is 8.42. The minimum atomic E-state index is -4.80. The van der Waals surface area contributed by atoms with Gasteiger partial charge in [-0.05, 0) is 78.6 Å². The summed E-state index contributed by atoms with van der Waals surface area (Å²) >= 11 is 0. The molecule has 1 amide bonds. The fourth-order valence-corrected chi connectivity index (χ4v) is 5.42. The number of ether oxygens (including phenoxy) is 3. The molecule has 0 radical (unpaired) electrons. The molecule has 0 saturated heterocycles. The van der Waals surface area contributed by atoms with Crippen LogP contribution in [0, 0.1) is 0 Å². The van der Waals surface area contributed by atoms with Crippen LogP contribution in [0.15, 0.2) is 58.4 Å². The molecule has 55 heavy (non-hydrogen) atoms. The Labute approximate surface area is 320 Å². The van der Waals surface area contributed by atoms with Crippen molar-refractivity contribution in [2.45, 2.75) is 91.0 Å². The van der Waals surface area contributed by atoms with E-state index in [-0.39, 0.29) is 34.0 Å². The third kappa shape index (κ3) is 14.2. The van der Waals surface area contributed by atoms with E-state index >= 15 is 0 Å². The van der Waals surface area contributed by atoms with Crippen molar-refractivity contribution in [1.82, 2.24) is 25.2 Å². The van der Waals surface area contributed by atoms with Gasteiger partial charge in [0, 0.05) is 42.3 Å². The molecule has 4 rings (SSSR count). The summed E-state index contributed by atoms with van der Waals surface area (Å²) < 4.78 is 53.7. The highest BCUT2D eigenvalue weighted by atomic mass is 19.4. The Bertz CT molecular complexity index is 1940. The van der Waals surface area contributed by atoms with E-state index in [1.54, 1.807) is 4.57 Å². The Morgan fingerprint density at radius 1 is 0.945 bits per heavy atom. The van der Waals surface area contributed by atoms with E-state index in [1.807, 2.05) is 57.3 Å². The molecular weight excluding hydrogens is 717 g/mol. The second-order valence-corrected chi connectivity index (χ2v) is 15.0. The average molecular weight is 773 g/mol. The lowest BCUT2D eigenvalue weighted by atomic mass is 9.85. The van der Waals surface area contributed by atoms with Crippen LogP contribution in [-0.2, 0) is 28.5 Å². The standard InChI is InChI=1S/C21H29N7O.C18H26F3NO4/c1-21(2,3)17-11-15-13-28(20(29)27-18(15)26-17)16-7-5-14(6-8-16)12-24-9-4-10-25-19(22)23;1-17(2,3)13-10-12(8-6-7-9-22-16(23)25-5)15(24-4)14(11-13)26-18(19,20)21/h5-8,11,13,24H,4,9-10,12H2,1-3H3,(H4,22,23,25)(H,26,27,29);10-11H,6-9H2,1-5H3,(H,22,23). The van der Waals surface area contributed by atoms with Crippen LogP contribution in [0.4, 0.5) is 18.0 Å². The van der Waals surface area contributed by atoms with Gasteiger partial charge in [-0.2, -0.15) is 4.98 Å². The lowest BCUT2D eigenvalue weighted by Gasteiger charge is -2.24. The number of aromatic nitrogens is 3. The molecule has 0 atom stereocenters. The molecule has 2 heterocycles. The second-order valence-electron chi connectivity index (χ2n) is 15.0. The fraction of sp³-hybridized carbons (Fsp3) is 0.487. The number of H-pyrrole nitrogens is 1. The topological polar surface area (TPSA) is 184 Å². The number of methoxy groups -OCH3 is 2. The van der Waals surface area contributed by atoms with E-state index in [4.69, 9.17) is 16.2 Å². The van der Waals surface area contributed by atoms with E-state index in [0.29, 0.717) is 43.6 Å². The first-order valence-electron chi connectivity index (χ1n) is 18.0. The van der Waals surface area contributed by atoms with Crippen LogP contribution in [0.1, 0.15) is 83.2 Å². The maximum absolute atomic E-state index is 12.7. The molecule has 0 spiro atoms. The molecule has 0 aliphatic rings. The molecule has 0 bridgehead atoms. The van der Waals surface area contributed by atoms with Gasteiger partial charge in [-0.15, -0.1) is 13.2 Å². The SMILES string of the molecule is CC(C)(C)c1cc2cn(-c3ccc(CNCCCN=C(N)N)cc3)c(=O)nc2[nH]1.COC(=O)NCCCCc1cc(C(C)(C)C)cc(OC(F)(F)F)c1OC. The molecular formula is C39H55F3N8O5. The fourth-order valence-electron chi connectivity index (χ4n) is 5.42. The predicted molar refractivity (Wildman–Crippen MR) is 209 cm³/mol. The quantitative estimate of drug-likeness (QED) is 0.0555. The van der Waals surface area contributed by atoms with Crippen molar-refractivity contribution in [1.29, 1.82) is 0 Å². The number of benzene rings is 2. The highest BCUT2D eigenvalue weighted by Gasteiger charge is 2.34. The highest BCUT2D eigenvalue weighted by Crippen LogP contribution is 2.40. The van der Waals surface area contributed by atoms with Crippen LogP contribution in [0.2, 0.25) is 0 Å². The normalized spacial score (nSPS) is 11.8. The van der Waals surface area contributed by atoms with Crippen molar-refractivity contribution in [2.24, 2.45) is 16.5 Å². The van der Waals surface area contributed by atoms with Gasteiger partial charge in [0.2, 0.25) is 0 Å². The summed E-state index contributed by atoms with van der Waals surface area (Å²) in [4.78, 5) is 34.9. The number of carbonyl (C=O) groups is 1. The Kier molecular flexibility index (Phi) is 15.5. The number of aromatic amines is 1. The van der Waals surface area contributed by atoms with Gasteiger partial charge in [0.15, 0.2) is 17.5 Å². The second kappa shape index (κ2) is 19.4. The van der Waals surface area contributed by atoms with Crippen LogP contribution in [-0.4, -0.2) is 66.8 Å². The smallest absolute Gasteiger partial charge is 0.493 e. The van der Waals surface area contributed by atoms with Gasteiger partial charge in [-0.25, -0.2) is 9.59 Å². The monoisotopic (exact) mass is 772 g/mol. The van der Waals surface area contributed by atoms with Gasteiger partial charge in [0.25, 0.3) is 0 Å². The number of fused-ring (bicyclic) bond motifs is 1. The zero-order valence-electron chi connectivity index (χ0n) is 32.9. The minimum Gasteiger partial charge on any atom is -0.493 e. The number of guanidine groups is 1. The number of hydrogen-bond donors (Lipinski definition) is 5. The molecule has 0 aliphatic carbocycles. The number of hydrogen-bond acceptors (Lipinski definition) is 8. The maximum Gasteiger partial charge on any atom is 0.573 e. The molecule has 302 valence electrons. The summed E-state index contributed by atoms with van der Waals surface area (Å²) in [6, 6.07) is 13.1. The van der Waals surface area contributed by atoms with E-state index in [9.17, 15) is 22.8 Å². The summed E-state index contributed by atoms with van der Waals surface area (Å²) in [6.07, 6.45) is -0.821. The zero-order valence-corrected chi connectivity index (χ0v) is 32.9. The molecule has 4 aromatic rings. The number of nitrogens with zero attached hydrogens (tertiary/aromatic N) is 3. The number of unbranched alkanes of at least 4 members (excludes halogenated alkanes) is 1. The zero-order chi connectivity index (χ0) is 41.0. The lowest BCUT2D eigenvalue weighted by molar-refractivity contribution is -0.275. The number of aliphatic imine (C=N–C) groups is 1. The van der Waals surface area contributed by atoms with Crippen molar-refractivity contribution in [3.05, 3.63) is 81.5 Å². The first-order valence-corrected chi connectivity index (χ1v) is 18.0. The summed E-state index contributed by atoms with van der Waals surface area (Å²) in [5.41, 5.74) is 14.9. The number of alkyl carbamates (subject to hydrolysis) is 1. The molecule has 0 unspecified atom stereocenters. The molecule has 16 heteroatoms. The lowest BCUT2D eigenvalue weighted by Crippen LogP contribution is -2.24. The van der Waals surface area contributed by atoms with Gasteiger partial charge in [-0.3, -0.25) is 9.56 Å². The van der Waals surface area contributed by atoms with Gasteiger partial charge < -0.3 is 41.3 Å². The van der Waals surface area contributed by atoms with Crippen LogP contribution < -0.4 is 37.3 Å². The van der Waals surface area contributed by atoms with Gasteiger partial charge in [0.05, 0.1) is 19.9 Å². The molecule has 0 saturated carbocycles. The molecule has 2 aromatic heterocycles. The van der Waals surface area contributed by atoms with Crippen molar-refractivity contribution in [2.75, 3.05) is 33.9 Å². The number of halogens is 3. The predicted octanol–water partition coefficient (Wildman–Crippen LogP) is 6.33. The summed E-state index contributed by atoms with van der Waals surface area (Å²) in [5, 5.41) is 6.83. The van der Waals surface area contributed by atoms with Crippen LogP contribution in [0.5, 0.6) is 11.5 Å². The number of rotatable bonds is 14. The average Bonchev–Trinajstić information content (AvgIpc) is 3.52. The van der Waals surface area contributed by atoms with Crippen LogP contribution in [0.3, 0.4) is 0 Å². The van der Waals surface area contributed by atoms with Crippen LogP contribution >= 0.6 is 0 Å². The number of nitrogens with two attached hydrogens (primary N) is 2. The minimum absolute atomic E-state index is 0.0352. The number of carbonyl (C=O) groups excluding carboxylic acids is 1. The summed E-state index contributed by atoms with van der Waals surface area (Å²) in [7, 11) is 2.60. The van der Waals surface area contributed by atoms with Crippen molar-refractivity contribution >= 4 is 23.1 Å². The van der Waals surface area contributed by atoms with Crippen LogP contribution in [0.25, 0.3) is 16.7 Å². The van der Waals surface area contributed by atoms with Crippen molar-refractivity contribution in [3.8, 4) is 17.2 Å². The number of aryl methyl sites for hydroxylation is 1. The molecule has 0 fully saturated rings. The van der Waals surface area contributed by atoms with Gasteiger partial charge in [-0.1, -0.05) is 59.7 Å². The number of nitrogens with one attached hydrogen (secondary N) is 3. The Morgan fingerprint density at radius 2 is 1.64 bits per heavy atom. The first kappa shape index (κ1) is 44.1. The summed E-state index contributed by atoms with van der Waals surface area (Å²) in [6.45, 7) is 14.7.